The summed E-state index contributed by atoms with van der Waals surface area (Å²) in [5, 5.41) is 11.5. The number of aryl methyl sites for hydroxylation is 1. The Morgan fingerprint density at radius 3 is 2.62 bits per heavy atom. The molecule has 6 heteroatoms. The summed E-state index contributed by atoms with van der Waals surface area (Å²) in [5.74, 6) is -1.56. The van der Waals surface area contributed by atoms with Crippen LogP contribution in [0.1, 0.15) is 30.9 Å². The largest absolute Gasteiger partial charge is 0.481 e. The molecule has 130 valence electrons. The Balaban J connectivity index is 1.83. The molecule has 0 radical (unpaired) electrons. The van der Waals surface area contributed by atoms with E-state index >= 15 is 0 Å². The number of rotatable bonds is 7. The number of carbonyl (C=O) groups is 3. The van der Waals surface area contributed by atoms with Crippen molar-refractivity contribution < 1.29 is 19.5 Å². The number of carbonyl (C=O) groups excluding carboxylic acids is 2. The molecule has 2 unspecified atom stereocenters. The minimum atomic E-state index is -0.878. The molecule has 1 aromatic rings. The van der Waals surface area contributed by atoms with Crippen molar-refractivity contribution in [2.45, 2.75) is 33.2 Å². The Bertz CT molecular complexity index is 612. The van der Waals surface area contributed by atoms with Crippen molar-refractivity contribution in [2.75, 3.05) is 13.1 Å². The first kappa shape index (κ1) is 18.0. The van der Waals surface area contributed by atoms with Crippen molar-refractivity contribution >= 4 is 17.8 Å². The number of aliphatic carboxylic acids is 1. The summed E-state index contributed by atoms with van der Waals surface area (Å²) in [5.41, 5.74) is 2.21. The number of nitrogens with one attached hydrogen (secondary N) is 1. The second kappa shape index (κ2) is 7.95. The van der Waals surface area contributed by atoms with Gasteiger partial charge in [0.25, 0.3) is 0 Å². The number of hydrogen-bond donors (Lipinski definition) is 2. The summed E-state index contributed by atoms with van der Waals surface area (Å²) in [7, 11) is 0. The topological polar surface area (TPSA) is 86.7 Å². The van der Waals surface area contributed by atoms with Gasteiger partial charge in [0, 0.05) is 32.5 Å². The molecule has 2 rings (SSSR count). The Morgan fingerprint density at radius 1 is 1.33 bits per heavy atom. The van der Waals surface area contributed by atoms with Crippen molar-refractivity contribution in [1.82, 2.24) is 10.2 Å². The van der Waals surface area contributed by atoms with Gasteiger partial charge in [-0.3, -0.25) is 14.4 Å². The molecule has 2 amide bonds. The van der Waals surface area contributed by atoms with Crippen molar-refractivity contribution in [3.8, 4) is 0 Å². The van der Waals surface area contributed by atoms with Crippen LogP contribution in [-0.2, 0) is 20.9 Å². The highest BCUT2D eigenvalue weighted by Crippen LogP contribution is 2.20. The second-order valence-corrected chi connectivity index (χ2v) is 6.61. The molecular weight excluding hydrogens is 308 g/mol. The SMILES string of the molecule is Cc1ccc(CN2CC(C(=O)NCC(C)CC(=O)O)CC2=O)cc1. The molecular formula is C18H24N2O4. The van der Waals surface area contributed by atoms with Crippen molar-refractivity contribution in [3.63, 3.8) is 0 Å². The summed E-state index contributed by atoms with van der Waals surface area (Å²) in [6, 6.07) is 7.99. The third-order valence-corrected chi connectivity index (χ3v) is 4.23. The number of hydrogen-bond acceptors (Lipinski definition) is 3. The number of carboxylic acids is 1. The normalized spacial score (nSPS) is 18.5. The summed E-state index contributed by atoms with van der Waals surface area (Å²) in [6.07, 6.45) is 0.231. The number of amides is 2. The van der Waals surface area contributed by atoms with E-state index < -0.39 is 5.97 Å². The van der Waals surface area contributed by atoms with Gasteiger partial charge in [-0.25, -0.2) is 0 Å². The summed E-state index contributed by atoms with van der Waals surface area (Å²) in [6.45, 7) is 5.02. The zero-order valence-electron chi connectivity index (χ0n) is 14.1. The van der Waals surface area contributed by atoms with E-state index in [0.717, 1.165) is 5.56 Å². The lowest BCUT2D eigenvalue weighted by Crippen LogP contribution is -2.35. The first-order chi connectivity index (χ1) is 11.3. The van der Waals surface area contributed by atoms with E-state index in [1.807, 2.05) is 31.2 Å². The van der Waals surface area contributed by atoms with Crippen molar-refractivity contribution in [3.05, 3.63) is 35.4 Å². The molecule has 0 aliphatic carbocycles. The fourth-order valence-corrected chi connectivity index (χ4v) is 2.80. The molecule has 1 heterocycles. The van der Waals surface area contributed by atoms with Crippen LogP contribution in [-0.4, -0.2) is 40.9 Å². The Morgan fingerprint density at radius 2 is 2.00 bits per heavy atom. The molecule has 0 spiro atoms. The lowest BCUT2D eigenvalue weighted by molar-refractivity contribution is -0.138. The van der Waals surface area contributed by atoms with Crippen LogP contribution in [0.2, 0.25) is 0 Å². The lowest BCUT2D eigenvalue weighted by Gasteiger charge is -2.17. The van der Waals surface area contributed by atoms with Crippen LogP contribution in [0.5, 0.6) is 0 Å². The molecule has 0 aromatic heterocycles. The van der Waals surface area contributed by atoms with Crippen LogP contribution in [0.25, 0.3) is 0 Å². The van der Waals surface area contributed by atoms with Crippen LogP contribution >= 0.6 is 0 Å². The molecule has 24 heavy (non-hydrogen) atoms. The van der Waals surface area contributed by atoms with E-state index in [0.29, 0.717) is 19.6 Å². The summed E-state index contributed by atoms with van der Waals surface area (Å²) >= 11 is 0. The smallest absolute Gasteiger partial charge is 0.303 e. The minimum Gasteiger partial charge on any atom is -0.481 e. The van der Waals surface area contributed by atoms with E-state index in [1.165, 1.54) is 5.56 Å². The van der Waals surface area contributed by atoms with Crippen LogP contribution in [0.3, 0.4) is 0 Å². The number of nitrogens with zero attached hydrogens (tertiary/aromatic N) is 1. The third kappa shape index (κ3) is 5.08. The number of carboxylic acid groups (broad SMARTS) is 1. The molecule has 0 bridgehead atoms. The molecule has 1 aliphatic rings. The molecule has 1 aliphatic heterocycles. The average molecular weight is 332 g/mol. The van der Waals surface area contributed by atoms with E-state index in [2.05, 4.69) is 5.32 Å². The maximum absolute atomic E-state index is 12.2. The van der Waals surface area contributed by atoms with Crippen molar-refractivity contribution in [2.24, 2.45) is 11.8 Å². The molecule has 1 aromatic carbocycles. The third-order valence-electron chi connectivity index (χ3n) is 4.23. The van der Waals surface area contributed by atoms with Gasteiger partial charge in [0.15, 0.2) is 0 Å². The van der Waals surface area contributed by atoms with Gasteiger partial charge < -0.3 is 15.3 Å². The Kier molecular flexibility index (Phi) is 5.95. The van der Waals surface area contributed by atoms with E-state index in [-0.39, 0.29) is 36.5 Å². The van der Waals surface area contributed by atoms with Crippen molar-refractivity contribution in [1.29, 1.82) is 0 Å². The summed E-state index contributed by atoms with van der Waals surface area (Å²) < 4.78 is 0. The standard InChI is InChI=1S/C18H24N2O4/c1-12-3-5-14(6-4-12)10-20-11-15(8-16(20)21)18(24)19-9-13(2)7-17(22)23/h3-6,13,15H,7-11H2,1-2H3,(H,19,24)(H,22,23). The van der Waals surface area contributed by atoms with Gasteiger partial charge in [-0.15, -0.1) is 0 Å². The Hall–Kier alpha value is -2.37. The maximum atomic E-state index is 12.2. The number of benzene rings is 1. The van der Waals surface area contributed by atoms with Gasteiger partial charge in [0.05, 0.1) is 5.92 Å². The van der Waals surface area contributed by atoms with Gasteiger partial charge in [0.1, 0.15) is 0 Å². The van der Waals surface area contributed by atoms with E-state index in [9.17, 15) is 14.4 Å². The van der Waals surface area contributed by atoms with Gasteiger partial charge in [-0.2, -0.15) is 0 Å². The maximum Gasteiger partial charge on any atom is 0.303 e. The number of likely N-dealkylation sites (tertiary alicyclic amines) is 1. The predicted molar refractivity (Wildman–Crippen MR) is 89.1 cm³/mol. The van der Waals surface area contributed by atoms with Crippen LogP contribution < -0.4 is 5.32 Å². The van der Waals surface area contributed by atoms with Gasteiger partial charge in [-0.1, -0.05) is 36.8 Å². The highest BCUT2D eigenvalue weighted by atomic mass is 16.4. The fourth-order valence-electron chi connectivity index (χ4n) is 2.80. The van der Waals surface area contributed by atoms with Crippen LogP contribution in [0.4, 0.5) is 0 Å². The van der Waals surface area contributed by atoms with Crippen LogP contribution in [0, 0.1) is 18.8 Å². The van der Waals surface area contributed by atoms with Gasteiger partial charge in [-0.05, 0) is 18.4 Å². The van der Waals surface area contributed by atoms with Gasteiger partial charge in [0.2, 0.25) is 11.8 Å². The lowest BCUT2D eigenvalue weighted by atomic mass is 10.1. The average Bonchev–Trinajstić information content (AvgIpc) is 2.87. The first-order valence-corrected chi connectivity index (χ1v) is 8.18. The Labute approximate surface area is 141 Å². The minimum absolute atomic E-state index is 0.0173. The van der Waals surface area contributed by atoms with Gasteiger partial charge >= 0.3 is 5.97 Å². The molecule has 1 fully saturated rings. The van der Waals surface area contributed by atoms with E-state index in [4.69, 9.17) is 5.11 Å². The monoisotopic (exact) mass is 332 g/mol. The molecule has 2 atom stereocenters. The highest BCUT2D eigenvalue weighted by molar-refractivity contribution is 5.89. The molecule has 6 nitrogen and oxygen atoms in total. The molecule has 0 saturated carbocycles. The van der Waals surface area contributed by atoms with Crippen LogP contribution in [0.15, 0.2) is 24.3 Å². The van der Waals surface area contributed by atoms with E-state index in [1.54, 1.807) is 11.8 Å². The molecule has 2 N–H and O–H groups in total. The zero-order valence-corrected chi connectivity index (χ0v) is 14.1. The highest BCUT2D eigenvalue weighted by Gasteiger charge is 2.34. The zero-order chi connectivity index (χ0) is 17.7. The molecule has 1 saturated heterocycles. The first-order valence-electron chi connectivity index (χ1n) is 8.18. The fraction of sp³-hybridized carbons (Fsp3) is 0.500. The summed E-state index contributed by atoms with van der Waals surface area (Å²) in [4.78, 5) is 36.6. The predicted octanol–water partition coefficient (Wildman–Crippen LogP) is 1.57. The quantitative estimate of drug-likeness (QED) is 0.793. The second-order valence-electron chi connectivity index (χ2n) is 6.61.